The van der Waals surface area contributed by atoms with Crippen LogP contribution in [0.25, 0.3) is 0 Å². The van der Waals surface area contributed by atoms with Gasteiger partial charge in [0.25, 0.3) is 0 Å². The van der Waals surface area contributed by atoms with Crippen molar-refractivity contribution in [3.05, 3.63) is 33.8 Å². The fourth-order valence-electron chi connectivity index (χ4n) is 3.20. The van der Waals surface area contributed by atoms with Crippen LogP contribution in [0.1, 0.15) is 32.3 Å². The van der Waals surface area contributed by atoms with Crippen molar-refractivity contribution in [2.45, 2.75) is 39.2 Å². The quantitative estimate of drug-likeness (QED) is 0.747. The van der Waals surface area contributed by atoms with E-state index in [4.69, 9.17) is 23.2 Å². The number of nitrogens with zero attached hydrogens (tertiary/aromatic N) is 3. The number of piperazine rings is 1. The molecule has 25 heavy (non-hydrogen) atoms. The third kappa shape index (κ3) is 5.60. The second kappa shape index (κ2) is 9.43. The van der Waals surface area contributed by atoms with Crippen LogP contribution < -0.4 is 0 Å². The number of aryl methyl sites for hydroxylation is 1. The van der Waals surface area contributed by atoms with Crippen LogP contribution in [0.15, 0.2) is 18.2 Å². The Morgan fingerprint density at radius 1 is 1.20 bits per heavy atom. The van der Waals surface area contributed by atoms with Crippen molar-refractivity contribution in [1.82, 2.24) is 9.80 Å². The predicted molar refractivity (Wildman–Crippen MR) is 102 cm³/mol. The number of carbonyl (C=O) groups is 1. The molecule has 1 heterocycles. The van der Waals surface area contributed by atoms with Gasteiger partial charge in [-0.2, -0.15) is 5.26 Å². The van der Waals surface area contributed by atoms with Gasteiger partial charge in [0.2, 0.25) is 5.91 Å². The second-order valence-corrected chi connectivity index (χ2v) is 7.65. The van der Waals surface area contributed by atoms with Gasteiger partial charge in [-0.3, -0.25) is 9.69 Å². The number of benzene rings is 1. The maximum atomic E-state index is 12.4. The highest BCUT2D eigenvalue weighted by Gasteiger charge is 2.27. The van der Waals surface area contributed by atoms with Crippen molar-refractivity contribution >= 4 is 29.1 Å². The summed E-state index contributed by atoms with van der Waals surface area (Å²) in [6.07, 6.45) is 2.14. The monoisotopic (exact) mass is 381 g/mol. The van der Waals surface area contributed by atoms with Crippen molar-refractivity contribution < 1.29 is 4.79 Å². The Hall–Kier alpha value is -1.28. The number of rotatable bonds is 6. The van der Waals surface area contributed by atoms with Crippen LogP contribution in [-0.2, 0) is 11.2 Å². The molecule has 6 heteroatoms. The number of hydrogen-bond acceptors (Lipinski definition) is 3. The molecule has 0 aromatic heterocycles. The van der Waals surface area contributed by atoms with E-state index in [1.54, 1.807) is 6.07 Å². The minimum Gasteiger partial charge on any atom is -0.340 e. The molecule has 1 amide bonds. The molecule has 0 bridgehead atoms. The molecule has 2 rings (SSSR count). The molecule has 1 fully saturated rings. The van der Waals surface area contributed by atoms with Crippen LogP contribution in [0.3, 0.4) is 0 Å². The highest BCUT2D eigenvalue weighted by atomic mass is 35.5. The summed E-state index contributed by atoms with van der Waals surface area (Å²) in [5, 5.41) is 10.4. The molecule has 0 spiro atoms. The van der Waals surface area contributed by atoms with Gasteiger partial charge < -0.3 is 4.90 Å². The lowest BCUT2D eigenvalue weighted by Crippen LogP contribution is -2.52. The zero-order valence-electron chi connectivity index (χ0n) is 14.8. The average molecular weight is 382 g/mol. The van der Waals surface area contributed by atoms with E-state index in [0.29, 0.717) is 35.5 Å². The molecular formula is C19H25Cl2N3O. The van der Waals surface area contributed by atoms with E-state index < -0.39 is 0 Å². The Bertz CT molecular complexity index is 634. The molecule has 136 valence electrons. The van der Waals surface area contributed by atoms with Crippen molar-refractivity contribution in [3.8, 4) is 6.07 Å². The Labute approximate surface area is 160 Å². The largest absolute Gasteiger partial charge is 0.340 e. The molecule has 1 unspecified atom stereocenters. The van der Waals surface area contributed by atoms with E-state index in [9.17, 15) is 10.1 Å². The van der Waals surface area contributed by atoms with Crippen LogP contribution in [0.4, 0.5) is 0 Å². The van der Waals surface area contributed by atoms with E-state index in [0.717, 1.165) is 31.5 Å². The van der Waals surface area contributed by atoms with Crippen LogP contribution in [0.5, 0.6) is 0 Å². The number of carbonyl (C=O) groups excluding carboxylic acids is 1. The summed E-state index contributed by atoms with van der Waals surface area (Å²) >= 11 is 11.9. The zero-order valence-corrected chi connectivity index (χ0v) is 16.4. The summed E-state index contributed by atoms with van der Waals surface area (Å²) in [6.45, 7) is 7.08. The Morgan fingerprint density at radius 3 is 2.44 bits per heavy atom. The first-order chi connectivity index (χ1) is 11.9. The molecule has 1 saturated heterocycles. The number of amides is 1. The van der Waals surface area contributed by atoms with Gasteiger partial charge in [0.05, 0.1) is 16.1 Å². The summed E-state index contributed by atoms with van der Waals surface area (Å²) in [5.41, 5.74) is 1.10. The summed E-state index contributed by atoms with van der Waals surface area (Å²) < 4.78 is 0. The number of nitriles is 1. The van der Waals surface area contributed by atoms with Gasteiger partial charge >= 0.3 is 0 Å². The van der Waals surface area contributed by atoms with Gasteiger partial charge in [-0.05, 0) is 36.5 Å². The van der Waals surface area contributed by atoms with Crippen molar-refractivity contribution in [2.75, 3.05) is 26.2 Å². The smallest absolute Gasteiger partial charge is 0.222 e. The van der Waals surface area contributed by atoms with E-state index in [-0.39, 0.29) is 11.9 Å². The molecule has 0 aliphatic carbocycles. The van der Waals surface area contributed by atoms with Gasteiger partial charge in [0, 0.05) is 32.6 Å². The molecule has 0 radical (unpaired) electrons. The first-order valence-electron chi connectivity index (χ1n) is 8.77. The first-order valence-corrected chi connectivity index (χ1v) is 9.53. The lowest BCUT2D eigenvalue weighted by molar-refractivity contribution is -0.133. The highest BCUT2D eigenvalue weighted by molar-refractivity contribution is 6.42. The highest BCUT2D eigenvalue weighted by Crippen LogP contribution is 2.23. The summed E-state index contributed by atoms with van der Waals surface area (Å²) in [6, 6.07) is 7.92. The Morgan fingerprint density at radius 2 is 1.88 bits per heavy atom. The van der Waals surface area contributed by atoms with Crippen LogP contribution in [0.2, 0.25) is 10.0 Å². The molecule has 1 aliphatic heterocycles. The van der Waals surface area contributed by atoms with E-state index in [1.165, 1.54) is 0 Å². The molecule has 1 aliphatic rings. The summed E-state index contributed by atoms with van der Waals surface area (Å²) in [5.74, 6) is 0.496. The van der Waals surface area contributed by atoms with E-state index in [1.807, 2.05) is 17.0 Å². The minimum absolute atomic E-state index is 0.0631. The Balaban J connectivity index is 1.75. The third-order valence-corrected chi connectivity index (χ3v) is 5.40. The average Bonchev–Trinajstić information content (AvgIpc) is 2.59. The van der Waals surface area contributed by atoms with Crippen molar-refractivity contribution in [2.24, 2.45) is 5.92 Å². The van der Waals surface area contributed by atoms with E-state index >= 15 is 0 Å². The molecule has 1 aromatic carbocycles. The second-order valence-electron chi connectivity index (χ2n) is 6.84. The van der Waals surface area contributed by atoms with Crippen LogP contribution in [-0.4, -0.2) is 47.9 Å². The molecule has 4 nitrogen and oxygen atoms in total. The SMILES string of the molecule is CC(C)C(C#N)N1CCN(C(=O)CCCc2ccc(Cl)c(Cl)c2)CC1. The molecule has 0 saturated carbocycles. The predicted octanol–water partition coefficient (Wildman–Crippen LogP) is 4.01. The maximum Gasteiger partial charge on any atom is 0.222 e. The van der Waals surface area contributed by atoms with Crippen molar-refractivity contribution in [3.63, 3.8) is 0 Å². The lowest BCUT2D eigenvalue weighted by Gasteiger charge is -2.38. The van der Waals surface area contributed by atoms with Gasteiger partial charge in [-0.1, -0.05) is 43.1 Å². The summed E-state index contributed by atoms with van der Waals surface area (Å²) in [4.78, 5) is 16.5. The molecular weight excluding hydrogens is 357 g/mol. The maximum absolute atomic E-state index is 12.4. The van der Waals surface area contributed by atoms with Gasteiger partial charge in [-0.15, -0.1) is 0 Å². The van der Waals surface area contributed by atoms with Crippen LogP contribution >= 0.6 is 23.2 Å². The molecule has 0 N–H and O–H groups in total. The first kappa shape index (κ1) is 20.0. The topological polar surface area (TPSA) is 47.3 Å². The standard InChI is InChI=1S/C19H25Cl2N3O/c1-14(2)18(13-22)23-8-10-24(11-9-23)19(25)5-3-4-15-6-7-16(20)17(21)12-15/h6-7,12,14,18H,3-5,8-11H2,1-2H3. The van der Waals surface area contributed by atoms with Crippen LogP contribution in [0, 0.1) is 17.2 Å². The Kier molecular flexibility index (Phi) is 7.56. The lowest BCUT2D eigenvalue weighted by atomic mass is 10.0. The van der Waals surface area contributed by atoms with E-state index in [2.05, 4.69) is 24.8 Å². The minimum atomic E-state index is -0.0631. The van der Waals surface area contributed by atoms with Gasteiger partial charge in [0.1, 0.15) is 6.04 Å². The molecule has 1 atom stereocenters. The van der Waals surface area contributed by atoms with Crippen molar-refractivity contribution in [1.29, 1.82) is 5.26 Å². The summed E-state index contributed by atoms with van der Waals surface area (Å²) in [7, 11) is 0. The number of hydrogen-bond donors (Lipinski definition) is 0. The normalized spacial score (nSPS) is 16.7. The third-order valence-electron chi connectivity index (χ3n) is 4.66. The number of halogens is 2. The zero-order chi connectivity index (χ0) is 18.4. The van der Waals surface area contributed by atoms with Gasteiger partial charge in [0.15, 0.2) is 0 Å². The fraction of sp³-hybridized carbons (Fsp3) is 0.579. The van der Waals surface area contributed by atoms with Gasteiger partial charge in [-0.25, -0.2) is 0 Å². The fourth-order valence-corrected chi connectivity index (χ4v) is 3.52. The molecule has 1 aromatic rings.